The third-order valence-electron chi connectivity index (χ3n) is 16.2. The van der Waals surface area contributed by atoms with Crippen molar-refractivity contribution in [2.24, 2.45) is 0 Å². The van der Waals surface area contributed by atoms with E-state index in [0.29, 0.717) is 25.7 Å². The van der Waals surface area contributed by atoms with E-state index in [2.05, 4.69) is 137 Å². The minimum atomic E-state index is -4.98. The standard InChI is InChI=1S/C81H140O17P2/c1-5-9-13-17-21-25-29-32-35-36-37-38-41-43-47-50-54-58-62-66-79(84)92-72-77(98-81(86)68-64-60-56-52-48-44-40-34-31-27-23-19-15-11-7-3)74-96-100(89,90)94-70-75(82)69-93-99(87,88)95-73-76(97-80(85)67-63-59-55-51-45-28-24-20-16-12-8-4)71-91-78(83)65-61-57-53-49-46-42-39-33-30-26-22-18-14-10-6-2/h10,14,20-27,32-35,37-40,75-77,82H,5-9,11-13,15-19,28-31,36,41-74H2,1-4H3,(H,87,88)(H,89,90)/b14-10-,24-20-,25-21-,26-22-,27-23-,35-32-,38-37-,39-33-,40-34-. The second kappa shape index (κ2) is 73.0. The van der Waals surface area contributed by atoms with E-state index in [1.165, 1.54) is 51.4 Å². The van der Waals surface area contributed by atoms with Crippen molar-refractivity contribution in [2.45, 2.75) is 341 Å². The number of phosphoric acid groups is 2. The molecule has 0 radical (unpaired) electrons. The Balaban J connectivity index is 5.35. The van der Waals surface area contributed by atoms with Gasteiger partial charge in [-0.2, -0.15) is 0 Å². The number of phosphoric ester groups is 2. The van der Waals surface area contributed by atoms with Crippen LogP contribution in [-0.2, 0) is 65.4 Å². The first-order valence-corrected chi connectivity index (χ1v) is 42.1. The molecule has 100 heavy (non-hydrogen) atoms. The maximum absolute atomic E-state index is 13.1. The van der Waals surface area contributed by atoms with Crippen LogP contribution < -0.4 is 0 Å². The normalized spacial score (nSPS) is 14.5. The summed E-state index contributed by atoms with van der Waals surface area (Å²) in [5.74, 6) is -2.22. The van der Waals surface area contributed by atoms with Gasteiger partial charge in [0.1, 0.15) is 19.3 Å². The highest BCUT2D eigenvalue weighted by Crippen LogP contribution is 2.45. The Hall–Kier alpha value is -4.28. The molecular formula is C81H140O17P2. The Morgan fingerprint density at radius 1 is 0.290 bits per heavy atom. The second-order valence-corrected chi connectivity index (χ2v) is 28.8. The van der Waals surface area contributed by atoms with E-state index in [4.69, 9.17) is 37.0 Å². The van der Waals surface area contributed by atoms with Crippen molar-refractivity contribution in [3.05, 3.63) is 109 Å². The molecule has 0 rings (SSSR count). The number of esters is 4. The number of aliphatic hydroxyl groups is 1. The SMILES string of the molecule is CC/C=C\C/C=C\C/C=C\CCCCCCCC(=O)OCC(COP(=O)(O)OCC(O)COP(=O)(O)OCC(COC(=O)CCCCCCCC/C=C\C/C=C\C/C=C\CCCCC)OC(=O)CCCCCCC/C=C\C/C=C\CCCCC)OC(=O)CCCCCCC/C=C\CCCC. The number of carbonyl (C=O) groups is 4. The summed E-state index contributed by atoms with van der Waals surface area (Å²) in [5.41, 5.74) is 0. The van der Waals surface area contributed by atoms with Gasteiger partial charge in [-0.3, -0.25) is 37.3 Å². The van der Waals surface area contributed by atoms with E-state index >= 15 is 0 Å². The molecule has 5 atom stereocenters. The van der Waals surface area contributed by atoms with Gasteiger partial charge in [-0.05, 0) is 148 Å². The highest BCUT2D eigenvalue weighted by Gasteiger charge is 2.30. The van der Waals surface area contributed by atoms with Gasteiger partial charge in [0, 0.05) is 25.7 Å². The predicted octanol–water partition coefficient (Wildman–Crippen LogP) is 22.6. The summed E-state index contributed by atoms with van der Waals surface area (Å²) in [5, 5.41) is 10.6. The Morgan fingerprint density at radius 2 is 0.530 bits per heavy atom. The molecule has 0 aromatic rings. The molecule has 0 aliphatic heterocycles. The van der Waals surface area contributed by atoms with Crippen LogP contribution in [0.4, 0.5) is 0 Å². The first-order valence-electron chi connectivity index (χ1n) is 39.1. The minimum absolute atomic E-state index is 0.0748. The fourth-order valence-corrected chi connectivity index (χ4v) is 11.8. The maximum Gasteiger partial charge on any atom is 0.472 e. The van der Waals surface area contributed by atoms with Gasteiger partial charge in [-0.15, -0.1) is 0 Å². The molecule has 0 heterocycles. The molecule has 0 bridgehead atoms. The molecule has 0 saturated carbocycles. The van der Waals surface area contributed by atoms with Crippen LogP contribution in [0.5, 0.6) is 0 Å². The predicted molar refractivity (Wildman–Crippen MR) is 408 cm³/mol. The maximum atomic E-state index is 13.1. The molecule has 576 valence electrons. The largest absolute Gasteiger partial charge is 0.472 e. The molecular weight excluding hydrogens is 1310 g/mol. The van der Waals surface area contributed by atoms with Gasteiger partial charge in [-0.1, -0.05) is 259 Å². The van der Waals surface area contributed by atoms with Gasteiger partial charge < -0.3 is 33.8 Å². The molecule has 0 fully saturated rings. The van der Waals surface area contributed by atoms with Crippen LogP contribution in [0.15, 0.2) is 109 Å². The van der Waals surface area contributed by atoms with E-state index in [1.54, 1.807) is 0 Å². The van der Waals surface area contributed by atoms with Crippen molar-refractivity contribution in [2.75, 3.05) is 39.6 Å². The van der Waals surface area contributed by atoms with E-state index in [1.807, 2.05) is 0 Å². The zero-order valence-electron chi connectivity index (χ0n) is 62.8. The number of unbranched alkanes of at least 4 members (excludes halogenated alkanes) is 29. The molecule has 0 spiro atoms. The van der Waals surface area contributed by atoms with E-state index < -0.39 is 97.5 Å². The average molecular weight is 1450 g/mol. The van der Waals surface area contributed by atoms with Crippen molar-refractivity contribution in [1.82, 2.24) is 0 Å². The molecule has 0 saturated heterocycles. The van der Waals surface area contributed by atoms with Crippen LogP contribution >= 0.6 is 15.6 Å². The van der Waals surface area contributed by atoms with Crippen molar-refractivity contribution in [3.63, 3.8) is 0 Å². The number of hydrogen-bond donors (Lipinski definition) is 3. The lowest BCUT2D eigenvalue weighted by Gasteiger charge is -2.21. The fraction of sp³-hybridized carbons (Fsp3) is 0.728. The molecule has 19 heteroatoms. The van der Waals surface area contributed by atoms with Crippen LogP contribution in [0.3, 0.4) is 0 Å². The number of ether oxygens (including phenoxy) is 4. The highest BCUT2D eigenvalue weighted by atomic mass is 31.2. The lowest BCUT2D eigenvalue weighted by Crippen LogP contribution is -2.30. The number of aliphatic hydroxyl groups excluding tert-OH is 1. The van der Waals surface area contributed by atoms with Crippen LogP contribution in [0.1, 0.15) is 323 Å². The van der Waals surface area contributed by atoms with E-state index in [0.717, 1.165) is 193 Å². The summed E-state index contributed by atoms with van der Waals surface area (Å²) >= 11 is 0. The zero-order valence-corrected chi connectivity index (χ0v) is 64.6. The van der Waals surface area contributed by atoms with Crippen LogP contribution in [0.2, 0.25) is 0 Å². The zero-order chi connectivity index (χ0) is 73.2. The number of rotatable bonds is 73. The summed E-state index contributed by atoms with van der Waals surface area (Å²) < 4.78 is 68.5. The smallest absolute Gasteiger partial charge is 0.462 e. The summed E-state index contributed by atoms with van der Waals surface area (Å²) in [6, 6.07) is 0. The van der Waals surface area contributed by atoms with Gasteiger partial charge in [-0.25, -0.2) is 9.13 Å². The molecule has 0 aromatic carbocycles. The highest BCUT2D eigenvalue weighted by molar-refractivity contribution is 7.47. The Bertz CT molecular complexity index is 2320. The van der Waals surface area contributed by atoms with Crippen molar-refractivity contribution < 1.29 is 80.2 Å². The summed E-state index contributed by atoms with van der Waals surface area (Å²) in [7, 11) is -9.96. The third-order valence-corrected chi connectivity index (χ3v) is 18.1. The molecule has 3 N–H and O–H groups in total. The molecule has 17 nitrogen and oxygen atoms in total. The number of hydrogen-bond acceptors (Lipinski definition) is 15. The number of allylic oxidation sites excluding steroid dienone is 18. The molecule has 0 aromatic heterocycles. The van der Waals surface area contributed by atoms with Crippen molar-refractivity contribution in [1.29, 1.82) is 0 Å². The first-order chi connectivity index (χ1) is 48.7. The quantitative estimate of drug-likeness (QED) is 0.0169. The lowest BCUT2D eigenvalue weighted by molar-refractivity contribution is -0.161. The van der Waals surface area contributed by atoms with Gasteiger partial charge in [0.15, 0.2) is 12.2 Å². The van der Waals surface area contributed by atoms with Gasteiger partial charge >= 0.3 is 39.5 Å². The van der Waals surface area contributed by atoms with Crippen LogP contribution in [0.25, 0.3) is 0 Å². The van der Waals surface area contributed by atoms with Crippen LogP contribution in [0, 0.1) is 0 Å². The second-order valence-electron chi connectivity index (χ2n) is 25.9. The molecule has 0 aliphatic carbocycles. The van der Waals surface area contributed by atoms with E-state index in [9.17, 15) is 43.2 Å². The summed E-state index contributed by atoms with van der Waals surface area (Å²) in [6.45, 7) is 4.63. The van der Waals surface area contributed by atoms with Crippen LogP contribution in [-0.4, -0.2) is 96.7 Å². The minimum Gasteiger partial charge on any atom is -0.462 e. The lowest BCUT2D eigenvalue weighted by atomic mass is 10.1. The van der Waals surface area contributed by atoms with Gasteiger partial charge in [0.2, 0.25) is 0 Å². The van der Waals surface area contributed by atoms with Crippen molar-refractivity contribution >= 4 is 39.5 Å². The fourth-order valence-electron chi connectivity index (χ4n) is 10.2. The van der Waals surface area contributed by atoms with E-state index in [-0.39, 0.29) is 25.7 Å². The average Bonchev–Trinajstić information content (AvgIpc) is 0.945. The Labute approximate surface area is 607 Å². The Morgan fingerprint density at radius 3 is 0.840 bits per heavy atom. The summed E-state index contributed by atoms with van der Waals surface area (Å²) in [4.78, 5) is 72.9. The topological polar surface area (TPSA) is 237 Å². The molecule has 0 amide bonds. The van der Waals surface area contributed by atoms with Gasteiger partial charge in [0.05, 0.1) is 26.4 Å². The van der Waals surface area contributed by atoms with Gasteiger partial charge in [0.25, 0.3) is 0 Å². The third kappa shape index (κ3) is 72.1. The molecule has 5 unspecified atom stereocenters. The van der Waals surface area contributed by atoms with Crippen molar-refractivity contribution in [3.8, 4) is 0 Å². The monoisotopic (exact) mass is 1450 g/mol. The first kappa shape index (κ1) is 95.7. The Kier molecular flexibility index (Phi) is 69.9. The summed E-state index contributed by atoms with van der Waals surface area (Å²) in [6.07, 6.45) is 77.9. The number of carbonyl (C=O) groups excluding carboxylic acids is 4. The molecule has 0 aliphatic rings.